The lowest BCUT2D eigenvalue weighted by Crippen LogP contribution is -2.50. The maximum Gasteiger partial charge on any atom is 0.317 e. The molecule has 0 aliphatic carbocycles. The van der Waals surface area contributed by atoms with Gasteiger partial charge in [0.05, 0.1) is 5.41 Å². The van der Waals surface area contributed by atoms with Gasteiger partial charge in [-0.2, -0.15) is 0 Å². The Morgan fingerprint density at radius 3 is 2.21 bits per heavy atom. The molecule has 0 bridgehead atoms. The molecule has 0 aromatic carbocycles. The van der Waals surface area contributed by atoms with Crippen molar-refractivity contribution in [3.05, 3.63) is 0 Å². The molecule has 0 spiro atoms. The molecule has 0 aromatic rings. The van der Waals surface area contributed by atoms with Crippen LogP contribution in [-0.4, -0.2) is 66.7 Å². The molecular formula is C13H27N3O3. The van der Waals surface area contributed by atoms with Crippen LogP contribution in [-0.2, 0) is 4.79 Å². The van der Waals surface area contributed by atoms with Crippen molar-refractivity contribution in [2.75, 3.05) is 33.7 Å². The van der Waals surface area contributed by atoms with Crippen molar-refractivity contribution in [2.24, 2.45) is 5.41 Å². The Balaban J connectivity index is 4.49. The monoisotopic (exact) mass is 273 g/mol. The minimum Gasteiger partial charge on any atom is -0.481 e. The third-order valence-electron chi connectivity index (χ3n) is 3.02. The number of likely N-dealkylation sites (N-methyl/N-ethyl adjacent to an activating group) is 2. The van der Waals surface area contributed by atoms with Gasteiger partial charge in [-0.15, -0.1) is 0 Å². The molecule has 2 amide bonds. The number of aliphatic carboxylic acids is 1. The van der Waals surface area contributed by atoms with E-state index in [4.69, 9.17) is 5.11 Å². The fraction of sp³-hybridized carbons (Fsp3) is 0.846. The van der Waals surface area contributed by atoms with Crippen molar-refractivity contribution in [3.63, 3.8) is 0 Å². The zero-order chi connectivity index (χ0) is 15.2. The van der Waals surface area contributed by atoms with Crippen LogP contribution in [0.2, 0.25) is 0 Å². The smallest absolute Gasteiger partial charge is 0.317 e. The predicted octanol–water partition coefficient (Wildman–Crippen LogP) is 1.08. The third-order valence-corrected chi connectivity index (χ3v) is 3.02. The molecule has 0 radical (unpaired) electrons. The summed E-state index contributed by atoms with van der Waals surface area (Å²) < 4.78 is 0. The van der Waals surface area contributed by atoms with Gasteiger partial charge in [0.1, 0.15) is 0 Å². The Labute approximate surface area is 115 Å². The van der Waals surface area contributed by atoms with E-state index in [0.29, 0.717) is 6.54 Å². The van der Waals surface area contributed by atoms with Gasteiger partial charge in [-0.05, 0) is 41.8 Å². The number of amides is 2. The maximum atomic E-state index is 12.1. The van der Waals surface area contributed by atoms with Gasteiger partial charge in [-0.1, -0.05) is 0 Å². The maximum absolute atomic E-state index is 12.1. The van der Waals surface area contributed by atoms with Crippen molar-refractivity contribution in [1.29, 1.82) is 0 Å². The van der Waals surface area contributed by atoms with Crippen LogP contribution < -0.4 is 5.32 Å². The number of hydrogen-bond donors (Lipinski definition) is 2. The first-order chi connectivity index (χ1) is 8.61. The lowest BCUT2D eigenvalue weighted by molar-refractivity contribution is -0.146. The van der Waals surface area contributed by atoms with Crippen LogP contribution in [0.4, 0.5) is 4.79 Å². The molecule has 0 aliphatic heterocycles. The van der Waals surface area contributed by atoms with Crippen LogP contribution in [0.1, 0.15) is 27.7 Å². The molecule has 0 rings (SSSR count). The fourth-order valence-electron chi connectivity index (χ4n) is 1.76. The van der Waals surface area contributed by atoms with E-state index in [0.717, 1.165) is 6.54 Å². The number of urea groups is 1. The number of nitrogens with one attached hydrogen (secondary N) is 1. The van der Waals surface area contributed by atoms with Crippen molar-refractivity contribution in [2.45, 2.75) is 33.7 Å². The van der Waals surface area contributed by atoms with Gasteiger partial charge in [0.15, 0.2) is 0 Å². The highest BCUT2D eigenvalue weighted by molar-refractivity contribution is 5.77. The Morgan fingerprint density at radius 1 is 1.32 bits per heavy atom. The molecule has 19 heavy (non-hydrogen) atoms. The summed E-state index contributed by atoms with van der Waals surface area (Å²) in [5.41, 5.74) is -0.958. The van der Waals surface area contributed by atoms with Gasteiger partial charge in [-0.3, -0.25) is 4.79 Å². The highest BCUT2D eigenvalue weighted by Crippen LogP contribution is 2.13. The van der Waals surface area contributed by atoms with E-state index in [1.807, 2.05) is 32.8 Å². The number of nitrogens with zero attached hydrogens (tertiary/aromatic N) is 2. The molecule has 0 saturated heterocycles. The lowest BCUT2D eigenvalue weighted by atomic mass is 9.94. The number of hydrogen-bond acceptors (Lipinski definition) is 3. The Hall–Kier alpha value is -1.30. The number of carboxylic acid groups (broad SMARTS) is 1. The van der Waals surface area contributed by atoms with Crippen LogP contribution in [0.3, 0.4) is 0 Å². The van der Waals surface area contributed by atoms with Crippen molar-refractivity contribution >= 4 is 12.0 Å². The van der Waals surface area contributed by atoms with Crippen LogP contribution in [0.15, 0.2) is 0 Å². The molecule has 112 valence electrons. The molecule has 6 heteroatoms. The van der Waals surface area contributed by atoms with Gasteiger partial charge < -0.3 is 20.2 Å². The number of carbonyl (C=O) groups excluding carboxylic acids is 1. The second kappa shape index (κ2) is 7.33. The molecule has 2 N–H and O–H groups in total. The van der Waals surface area contributed by atoms with E-state index in [1.165, 1.54) is 0 Å². The molecule has 0 aromatic heterocycles. The van der Waals surface area contributed by atoms with Crippen LogP contribution in [0.5, 0.6) is 0 Å². The average molecular weight is 273 g/mol. The second-order valence-electron chi connectivity index (χ2n) is 5.75. The fourth-order valence-corrected chi connectivity index (χ4v) is 1.76. The first-order valence-corrected chi connectivity index (χ1v) is 6.54. The first kappa shape index (κ1) is 17.7. The molecule has 0 heterocycles. The number of carboxylic acids is 1. The summed E-state index contributed by atoms with van der Waals surface area (Å²) in [5, 5.41) is 11.7. The molecule has 6 nitrogen and oxygen atoms in total. The zero-order valence-corrected chi connectivity index (χ0v) is 12.9. The number of rotatable bonds is 7. The Kier molecular flexibility index (Phi) is 6.83. The minimum absolute atomic E-state index is 0.0768. The topological polar surface area (TPSA) is 72.9 Å². The molecule has 1 unspecified atom stereocenters. The van der Waals surface area contributed by atoms with Crippen LogP contribution in [0, 0.1) is 5.41 Å². The highest BCUT2D eigenvalue weighted by atomic mass is 16.4. The van der Waals surface area contributed by atoms with E-state index >= 15 is 0 Å². The van der Waals surface area contributed by atoms with Gasteiger partial charge in [0.2, 0.25) is 0 Å². The van der Waals surface area contributed by atoms with E-state index < -0.39 is 11.4 Å². The molecule has 0 fully saturated rings. The second-order valence-corrected chi connectivity index (χ2v) is 5.75. The SMILES string of the molecule is CCN(C(=O)NCC(C)(C)C(=O)O)C(C)CN(C)C. The highest BCUT2D eigenvalue weighted by Gasteiger charge is 2.29. The van der Waals surface area contributed by atoms with Crippen molar-refractivity contribution < 1.29 is 14.7 Å². The summed E-state index contributed by atoms with van der Waals surface area (Å²) >= 11 is 0. The molecule has 0 aliphatic rings. The summed E-state index contributed by atoms with van der Waals surface area (Å²) in [6, 6.07) is -0.140. The summed E-state index contributed by atoms with van der Waals surface area (Å²) in [5.74, 6) is -0.919. The lowest BCUT2D eigenvalue weighted by Gasteiger charge is -2.31. The van der Waals surface area contributed by atoms with Crippen molar-refractivity contribution in [1.82, 2.24) is 15.1 Å². The Morgan fingerprint density at radius 2 is 1.84 bits per heavy atom. The summed E-state index contributed by atoms with van der Waals surface area (Å²) in [4.78, 5) is 26.8. The first-order valence-electron chi connectivity index (χ1n) is 6.54. The van der Waals surface area contributed by atoms with Gasteiger partial charge in [0, 0.05) is 25.7 Å². The quantitative estimate of drug-likeness (QED) is 0.728. The predicted molar refractivity (Wildman–Crippen MR) is 75.2 cm³/mol. The average Bonchev–Trinajstić information content (AvgIpc) is 2.26. The standard InChI is InChI=1S/C13H27N3O3/c1-7-16(10(2)8-15(5)6)12(19)14-9-13(3,4)11(17)18/h10H,7-9H2,1-6H3,(H,14,19)(H,17,18). The normalized spacial score (nSPS) is 13.2. The summed E-state index contributed by atoms with van der Waals surface area (Å²) in [7, 11) is 3.91. The van der Waals surface area contributed by atoms with Crippen LogP contribution >= 0.6 is 0 Å². The van der Waals surface area contributed by atoms with Crippen LogP contribution in [0.25, 0.3) is 0 Å². The van der Waals surface area contributed by atoms with E-state index in [9.17, 15) is 9.59 Å². The van der Waals surface area contributed by atoms with Gasteiger partial charge >= 0.3 is 12.0 Å². The van der Waals surface area contributed by atoms with Gasteiger partial charge in [0.25, 0.3) is 0 Å². The Bertz CT molecular complexity index is 316. The summed E-state index contributed by atoms with van der Waals surface area (Å²) in [6.45, 7) is 8.55. The molecule has 1 atom stereocenters. The zero-order valence-electron chi connectivity index (χ0n) is 12.9. The van der Waals surface area contributed by atoms with E-state index in [2.05, 4.69) is 5.32 Å². The van der Waals surface area contributed by atoms with Crippen molar-refractivity contribution in [3.8, 4) is 0 Å². The molecule has 0 saturated carbocycles. The van der Waals surface area contributed by atoms with E-state index in [-0.39, 0.29) is 18.6 Å². The summed E-state index contributed by atoms with van der Waals surface area (Å²) in [6.07, 6.45) is 0. The number of carbonyl (C=O) groups is 2. The molecular weight excluding hydrogens is 246 g/mol. The minimum atomic E-state index is -0.958. The third kappa shape index (κ3) is 5.92. The largest absolute Gasteiger partial charge is 0.481 e. The van der Waals surface area contributed by atoms with Gasteiger partial charge in [-0.25, -0.2) is 4.79 Å². The van der Waals surface area contributed by atoms with E-state index in [1.54, 1.807) is 18.7 Å².